The van der Waals surface area contributed by atoms with Crippen molar-refractivity contribution in [3.8, 4) is 0 Å². The Kier molecular flexibility index (Phi) is 3.96. The SMILES string of the molecule is CC(=O)Nc1ccc2c(c1)NC(=O)N(c1ccc(Cl)cc1)S2. The summed E-state index contributed by atoms with van der Waals surface area (Å²) in [6.45, 7) is 1.44. The third-order valence-corrected chi connectivity index (χ3v) is 4.34. The number of halogens is 1. The minimum Gasteiger partial charge on any atom is -0.326 e. The van der Waals surface area contributed by atoms with Gasteiger partial charge in [-0.05, 0) is 54.4 Å². The van der Waals surface area contributed by atoms with Crippen molar-refractivity contribution in [3.05, 3.63) is 47.5 Å². The Bertz CT molecular complexity index is 749. The van der Waals surface area contributed by atoms with Crippen molar-refractivity contribution in [1.29, 1.82) is 0 Å². The van der Waals surface area contributed by atoms with Crippen molar-refractivity contribution in [2.45, 2.75) is 11.8 Å². The highest BCUT2D eigenvalue weighted by molar-refractivity contribution is 8.01. The second-order valence-corrected chi connectivity index (χ2v) is 6.11. The molecule has 2 aromatic rings. The van der Waals surface area contributed by atoms with Crippen LogP contribution in [0.15, 0.2) is 47.4 Å². The zero-order valence-corrected chi connectivity index (χ0v) is 13.2. The van der Waals surface area contributed by atoms with Crippen LogP contribution in [-0.2, 0) is 4.79 Å². The summed E-state index contributed by atoms with van der Waals surface area (Å²) in [7, 11) is 0. The van der Waals surface area contributed by atoms with Gasteiger partial charge in [0.25, 0.3) is 0 Å². The predicted molar refractivity (Wildman–Crippen MR) is 89.6 cm³/mol. The lowest BCUT2D eigenvalue weighted by atomic mass is 10.2. The van der Waals surface area contributed by atoms with Gasteiger partial charge in [-0.3, -0.25) is 4.79 Å². The molecule has 0 saturated heterocycles. The van der Waals surface area contributed by atoms with E-state index in [4.69, 9.17) is 11.6 Å². The molecule has 0 radical (unpaired) electrons. The Balaban J connectivity index is 1.88. The molecule has 0 spiro atoms. The molecule has 3 amide bonds. The second kappa shape index (κ2) is 5.90. The highest BCUT2D eigenvalue weighted by Gasteiger charge is 2.25. The minimum absolute atomic E-state index is 0.155. The zero-order valence-electron chi connectivity index (χ0n) is 11.6. The second-order valence-electron chi connectivity index (χ2n) is 4.68. The quantitative estimate of drug-likeness (QED) is 0.803. The Morgan fingerprint density at radius 3 is 2.64 bits per heavy atom. The topological polar surface area (TPSA) is 61.4 Å². The van der Waals surface area contributed by atoms with E-state index in [2.05, 4.69) is 10.6 Å². The fourth-order valence-electron chi connectivity index (χ4n) is 2.04. The van der Waals surface area contributed by atoms with Crippen LogP contribution in [0.1, 0.15) is 6.92 Å². The first kappa shape index (κ1) is 14.7. The molecule has 112 valence electrons. The molecule has 5 nitrogen and oxygen atoms in total. The first-order valence-electron chi connectivity index (χ1n) is 6.49. The van der Waals surface area contributed by atoms with Crippen LogP contribution < -0.4 is 14.9 Å². The number of fused-ring (bicyclic) bond motifs is 1. The van der Waals surface area contributed by atoms with Crippen LogP contribution in [0.5, 0.6) is 0 Å². The normalized spacial score (nSPS) is 13.4. The van der Waals surface area contributed by atoms with E-state index in [9.17, 15) is 9.59 Å². The van der Waals surface area contributed by atoms with Crippen LogP contribution in [0, 0.1) is 0 Å². The van der Waals surface area contributed by atoms with Gasteiger partial charge in [-0.2, -0.15) is 0 Å². The number of hydrogen-bond acceptors (Lipinski definition) is 3. The number of benzene rings is 2. The molecule has 1 heterocycles. The summed E-state index contributed by atoms with van der Waals surface area (Å²) >= 11 is 7.18. The molecule has 0 aliphatic carbocycles. The Morgan fingerprint density at radius 1 is 1.23 bits per heavy atom. The summed E-state index contributed by atoms with van der Waals surface area (Å²) in [6.07, 6.45) is 0. The van der Waals surface area contributed by atoms with Crippen molar-refractivity contribution in [3.63, 3.8) is 0 Å². The summed E-state index contributed by atoms with van der Waals surface area (Å²) in [5.41, 5.74) is 2.06. The van der Waals surface area contributed by atoms with E-state index in [0.29, 0.717) is 16.4 Å². The number of anilines is 3. The van der Waals surface area contributed by atoms with Gasteiger partial charge in [-0.25, -0.2) is 9.10 Å². The highest BCUT2D eigenvalue weighted by Crippen LogP contribution is 2.39. The molecule has 1 aliphatic heterocycles. The number of urea groups is 1. The average molecular weight is 334 g/mol. The van der Waals surface area contributed by atoms with Gasteiger partial charge in [0.15, 0.2) is 0 Å². The Hall–Kier alpha value is -2.18. The van der Waals surface area contributed by atoms with Crippen LogP contribution in [-0.4, -0.2) is 11.9 Å². The van der Waals surface area contributed by atoms with Gasteiger partial charge < -0.3 is 10.6 Å². The van der Waals surface area contributed by atoms with Gasteiger partial charge in [0, 0.05) is 17.6 Å². The summed E-state index contributed by atoms with van der Waals surface area (Å²) in [4.78, 5) is 24.2. The molecule has 0 bridgehead atoms. The minimum atomic E-state index is -0.250. The van der Waals surface area contributed by atoms with Crippen molar-refractivity contribution in [2.24, 2.45) is 0 Å². The smallest absolute Gasteiger partial charge is 0.326 e. The largest absolute Gasteiger partial charge is 0.336 e. The third kappa shape index (κ3) is 3.03. The van der Waals surface area contributed by atoms with E-state index >= 15 is 0 Å². The number of nitrogens with one attached hydrogen (secondary N) is 2. The average Bonchev–Trinajstić information content (AvgIpc) is 2.47. The van der Waals surface area contributed by atoms with E-state index < -0.39 is 0 Å². The molecule has 22 heavy (non-hydrogen) atoms. The van der Waals surface area contributed by atoms with Crippen molar-refractivity contribution in [2.75, 3.05) is 14.9 Å². The van der Waals surface area contributed by atoms with E-state index in [-0.39, 0.29) is 11.9 Å². The summed E-state index contributed by atoms with van der Waals surface area (Å²) in [6, 6.07) is 12.2. The lowest BCUT2D eigenvalue weighted by Crippen LogP contribution is -2.32. The number of amides is 3. The molecule has 0 atom stereocenters. The van der Waals surface area contributed by atoms with Crippen LogP contribution in [0.3, 0.4) is 0 Å². The van der Waals surface area contributed by atoms with E-state index in [0.717, 1.165) is 10.6 Å². The van der Waals surface area contributed by atoms with Gasteiger partial charge >= 0.3 is 6.03 Å². The summed E-state index contributed by atoms with van der Waals surface area (Å²) < 4.78 is 1.55. The third-order valence-electron chi connectivity index (χ3n) is 2.98. The number of rotatable bonds is 2. The lowest BCUT2D eigenvalue weighted by Gasteiger charge is -2.28. The fourth-order valence-corrected chi connectivity index (χ4v) is 3.06. The van der Waals surface area contributed by atoms with Crippen molar-refractivity contribution < 1.29 is 9.59 Å². The van der Waals surface area contributed by atoms with Crippen molar-refractivity contribution in [1.82, 2.24) is 0 Å². The number of carbonyl (C=O) groups is 2. The van der Waals surface area contributed by atoms with Gasteiger partial charge in [-0.1, -0.05) is 11.6 Å². The zero-order chi connectivity index (χ0) is 15.7. The number of nitrogens with zero attached hydrogens (tertiary/aromatic N) is 1. The van der Waals surface area contributed by atoms with Crippen LogP contribution in [0.25, 0.3) is 0 Å². The fraction of sp³-hybridized carbons (Fsp3) is 0.0667. The van der Waals surface area contributed by atoms with E-state index in [1.165, 1.54) is 18.9 Å². The first-order chi connectivity index (χ1) is 10.5. The Morgan fingerprint density at radius 2 is 1.95 bits per heavy atom. The molecule has 1 aliphatic rings. The van der Waals surface area contributed by atoms with Gasteiger partial charge in [0.1, 0.15) is 0 Å². The maximum Gasteiger partial charge on any atom is 0.336 e. The summed E-state index contributed by atoms with van der Waals surface area (Å²) in [5.74, 6) is -0.155. The molecular weight excluding hydrogens is 322 g/mol. The van der Waals surface area contributed by atoms with Gasteiger partial charge in [0.05, 0.1) is 16.3 Å². The molecule has 2 N–H and O–H groups in total. The number of hydrogen-bond donors (Lipinski definition) is 2. The van der Waals surface area contributed by atoms with Gasteiger partial charge in [-0.15, -0.1) is 0 Å². The van der Waals surface area contributed by atoms with Crippen LogP contribution in [0.2, 0.25) is 5.02 Å². The molecule has 0 unspecified atom stereocenters. The lowest BCUT2D eigenvalue weighted by molar-refractivity contribution is -0.114. The maximum atomic E-state index is 12.2. The highest BCUT2D eigenvalue weighted by atomic mass is 35.5. The Labute approximate surface area is 136 Å². The molecule has 0 saturated carbocycles. The standard InChI is InChI=1S/C15H12ClN3O2S/c1-9(20)17-11-4-7-14-13(8-11)18-15(21)19(22-14)12-5-2-10(16)3-6-12/h2-8H,1H3,(H,17,20)(H,18,21). The van der Waals surface area contributed by atoms with E-state index in [1.54, 1.807) is 40.7 Å². The first-order valence-corrected chi connectivity index (χ1v) is 7.64. The molecule has 0 aromatic heterocycles. The predicted octanol–water partition coefficient (Wildman–Crippen LogP) is 4.36. The monoisotopic (exact) mass is 333 g/mol. The number of carbonyl (C=O) groups excluding carboxylic acids is 2. The maximum absolute atomic E-state index is 12.2. The van der Waals surface area contributed by atoms with Crippen LogP contribution >= 0.6 is 23.5 Å². The molecule has 7 heteroatoms. The van der Waals surface area contributed by atoms with Crippen molar-refractivity contribution >= 4 is 52.5 Å². The molecular formula is C15H12ClN3O2S. The molecule has 2 aromatic carbocycles. The summed E-state index contributed by atoms with van der Waals surface area (Å²) in [5, 5.41) is 6.13. The van der Waals surface area contributed by atoms with Crippen LogP contribution in [0.4, 0.5) is 21.9 Å². The van der Waals surface area contributed by atoms with Gasteiger partial charge in [0.2, 0.25) is 5.91 Å². The van der Waals surface area contributed by atoms with E-state index in [1.807, 2.05) is 6.07 Å². The molecule has 0 fully saturated rings. The molecule has 3 rings (SSSR count).